The van der Waals surface area contributed by atoms with E-state index in [2.05, 4.69) is 9.84 Å². The van der Waals surface area contributed by atoms with E-state index in [0.29, 0.717) is 28.4 Å². The molecule has 0 fully saturated rings. The van der Waals surface area contributed by atoms with Crippen molar-refractivity contribution in [3.05, 3.63) is 40.8 Å². The fourth-order valence-corrected chi connectivity index (χ4v) is 2.09. The number of hydrogen-bond acceptors (Lipinski definition) is 3. The van der Waals surface area contributed by atoms with E-state index in [-0.39, 0.29) is 12.4 Å². The number of esters is 1. The predicted molar refractivity (Wildman–Crippen MR) is 73.9 cm³/mol. The van der Waals surface area contributed by atoms with Crippen LogP contribution in [-0.2, 0) is 23.0 Å². The van der Waals surface area contributed by atoms with E-state index in [1.54, 1.807) is 29.9 Å². The zero-order chi connectivity index (χ0) is 14.7. The van der Waals surface area contributed by atoms with Crippen LogP contribution in [0.1, 0.15) is 12.1 Å². The Labute approximate surface area is 121 Å². The number of carbonyl (C=O) groups is 1. The molecule has 2 rings (SSSR count). The Morgan fingerprint density at radius 1 is 1.45 bits per heavy atom. The van der Waals surface area contributed by atoms with Crippen LogP contribution in [-0.4, -0.2) is 22.9 Å². The molecular formula is C14H14ClFN2O2. The molecule has 0 aliphatic heterocycles. The normalized spacial score (nSPS) is 10.6. The predicted octanol–water partition coefficient (Wildman–Crippen LogP) is 2.99. The van der Waals surface area contributed by atoms with Gasteiger partial charge in [0.05, 0.1) is 24.9 Å². The van der Waals surface area contributed by atoms with Crippen molar-refractivity contribution in [3.8, 4) is 11.3 Å². The molecule has 1 aromatic heterocycles. The molecule has 0 N–H and O–H groups in total. The van der Waals surface area contributed by atoms with Gasteiger partial charge in [-0.15, -0.1) is 0 Å². The van der Waals surface area contributed by atoms with Gasteiger partial charge in [-0.25, -0.2) is 4.39 Å². The average molecular weight is 297 g/mol. The Balaban J connectivity index is 2.25. The van der Waals surface area contributed by atoms with Gasteiger partial charge < -0.3 is 4.74 Å². The first-order valence-electron chi connectivity index (χ1n) is 6.06. The Kier molecular flexibility index (Phi) is 4.39. The Bertz CT molecular complexity index is 640. The number of halogens is 2. The number of rotatable bonds is 4. The van der Waals surface area contributed by atoms with Crippen LogP contribution in [0.4, 0.5) is 4.39 Å². The first kappa shape index (κ1) is 14.5. The molecule has 0 aliphatic carbocycles. The summed E-state index contributed by atoms with van der Waals surface area (Å²) < 4.78 is 20.1. The summed E-state index contributed by atoms with van der Waals surface area (Å²) in [5, 5.41) is 4.61. The Hall–Kier alpha value is -1.88. The van der Waals surface area contributed by atoms with Gasteiger partial charge >= 0.3 is 5.97 Å². The van der Waals surface area contributed by atoms with Gasteiger partial charge in [0.1, 0.15) is 5.82 Å². The van der Waals surface area contributed by atoms with Gasteiger partial charge in [-0.1, -0.05) is 11.6 Å². The summed E-state index contributed by atoms with van der Waals surface area (Å²) in [5.74, 6) is -0.699. The van der Waals surface area contributed by atoms with Crippen LogP contribution in [0.15, 0.2) is 24.3 Å². The van der Waals surface area contributed by atoms with E-state index in [0.717, 1.165) is 0 Å². The summed E-state index contributed by atoms with van der Waals surface area (Å²) in [6.45, 7) is 0. The topological polar surface area (TPSA) is 44.1 Å². The Morgan fingerprint density at radius 2 is 2.20 bits per heavy atom. The van der Waals surface area contributed by atoms with E-state index >= 15 is 0 Å². The molecule has 2 aromatic rings. The molecule has 0 aliphatic rings. The highest BCUT2D eigenvalue weighted by molar-refractivity contribution is 6.30. The summed E-state index contributed by atoms with van der Waals surface area (Å²) in [6.07, 6.45) is 0.700. The molecule has 0 amide bonds. The molecule has 1 heterocycles. The monoisotopic (exact) mass is 296 g/mol. The van der Waals surface area contributed by atoms with Crippen LogP contribution in [0.3, 0.4) is 0 Å². The molecule has 0 saturated carbocycles. The van der Waals surface area contributed by atoms with Crippen molar-refractivity contribution in [1.29, 1.82) is 0 Å². The molecule has 0 saturated heterocycles. The van der Waals surface area contributed by atoms with Crippen molar-refractivity contribution < 1.29 is 13.9 Å². The number of aromatic nitrogens is 2. The smallest absolute Gasteiger partial charge is 0.305 e. The second-order valence-corrected chi connectivity index (χ2v) is 4.78. The van der Waals surface area contributed by atoms with Crippen LogP contribution in [0, 0.1) is 5.82 Å². The molecule has 6 heteroatoms. The standard InChI is InChI=1S/C14H14ClFN2O2/c1-18-13(11-5-3-9(15)7-12(11)16)8-10(17-18)4-6-14(19)20-2/h3,5,7-8H,4,6H2,1-2H3. The van der Waals surface area contributed by atoms with Crippen molar-refractivity contribution >= 4 is 17.6 Å². The number of carbonyl (C=O) groups excluding carboxylic acids is 1. The fourth-order valence-electron chi connectivity index (χ4n) is 1.93. The van der Waals surface area contributed by atoms with Gasteiger partial charge in [0, 0.05) is 24.1 Å². The second kappa shape index (κ2) is 6.05. The van der Waals surface area contributed by atoms with Gasteiger partial charge in [0.15, 0.2) is 0 Å². The van der Waals surface area contributed by atoms with Crippen LogP contribution in [0.5, 0.6) is 0 Å². The average Bonchev–Trinajstić information content (AvgIpc) is 2.77. The highest BCUT2D eigenvalue weighted by atomic mass is 35.5. The number of benzene rings is 1. The molecule has 106 valence electrons. The zero-order valence-corrected chi connectivity index (χ0v) is 11.9. The molecule has 0 atom stereocenters. The quantitative estimate of drug-likeness (QED) is 0.815. The van der Waals surface area contributed by atoms with Crippen LogP contribution in [0.25, 0.3) is 11.3 Å². The lowest BCUT2D eigenvalue weighted by atomic mass is 10.1. The second-order valence-electron chi connectivity index (χ2n) is 4.34. The van der Waals surface area contributed by atoms with Crippen molar-refractivity contribution in [2.45, 2.75) is 12.8 Å². The highest BCUT2D eigenvalue weighted by Crippen LogP contribution is 2.25. The maximum atomic E-state index is 13.9. The highest BCUT2D eigenvalue weighted by Gasteiger charge is 2.13. The van der Waals surface area contributed by atoms with Gasteiger partial charge in [-0.3, -0.25) is 9.48 Å². The van der Waals surface area contributed by atoms with Gasteiger partial charge in [-0.2, -0.15) is 5.10 Å². The van der Waals surface area contributed by atoms with Gasteiger partial charge in [0.25, 0.3) is 0 Å². The summed E-state index contributed by atoms with van der Waals surface area (Å²) >= 11 is 5.74. The minimum atomic E-state index is -0.403. The lowest BCUT2D eigenvalue weighted by Crippen LogP contribution is -2.02. The Morgan fingerprint density at radius 3 is 2.85 bits per heavy atom. The summed E-state index contributed by atoms with van der Waals surface area (Å²) in [7, 11) is 3.07. The third-order valence-electron chi connectivity index (χ3n) is 2.95. The molecule has 0 spiro atoms. The van der Waals surface area contributed by atoms with Crippen LogP contribution < -0.4 is 0 Å². The van der Waals surface area contributed by atoms with Crippen molar-refractivity contribution in [3.63, 3.8) is 0 Å². The molecular weight excluding hydrogens is 283 g/mol. The maximum absolute atomic E-state index is 13.9. The number of methoxy groups -OCH3 is 1. The zero-order valence-electron chi connectivity index (χ0n) is 11.2. The third-order valence-corrected chi connectivity index (χ3v) is 3.19. The summed E-state index contributed by atoms with van der Waals surface area (Å²) in [5.41, 5.74) is 1.77. The van der Waals surface area contributed by atoms with Gasteiger partial charge in [-0.05, 0) is 24.3 Å². The lowest BCUT2D eigenvalue weighted by Gasteiger charge is -2.03. The maximum Gasteiger partial charge on any atom is 0.305 e. The summed E-state index contributed by atoms with van der Waals surface area (Å²) in [6, 6.07) is 6.26. The molecule has 4 nitrogen and oxygen atoms in total. The summed E-state index contributed by atoms with van der Waals surface area (Å²) in [4.78, 5) is 11.1. The van der Waals surface area contributed by atoms with Crippen molar-refractivity contribution in [2.75, 3.05) is 7.11 Å². The molecule has 1 aromatic carbocycles. The van der Waals surface area contributed by atoms with E-state index in [1.165, 1.54) is 13.2 Å². The minimum Gasteiger partial charge on any atom is -0.469 e. The largest absolute Gasteiger partial charge is 0.469 e. The number of nitrogens with zero attached hydrogens (tertiary/aromatic N) is 2. The lowest BCUT2D eigenvalue weighted by molar-refractivity contribution is -0.140. The van der Waals surface area contributed by atoms with E-state index < -0.39 is 5.82 Å². The molecule has 0 bridgehead atoms. The van der Waals surface area contributed by atoms with Crippen LogP contribution in [0.2, 0.25) is 5.02 Å². The van der Waals surface area contributed by atoms with Crippen LogP contribution >= 0.6 is 11.6 Å². The number of aryl methyl sites for hydroxylation is 2. The number of ether oxygens (including phenoxy) is 1. The van der Waals surface area contributed by atoms with E-state index in [1.807, 2.05) is 0 Å². The van der Waals surface area contributed by atoms with E-state index in [9.17, 15) is 9.18 Å². The van der Waals surface area contributed by atoms with Gasteiger partial charge in [0.2, 0.25) is 0 Å². The molecule has 0 radical (unpaired) electrons. The third kappa shape index (κ3) is 3.17. The van der Waals surface area contributed by atoms with Crippen molar-refractivity contribution in [1.82, 2.24) is 9.78 Å². The number of hydrogen-bond donors (Lipinski definition) is 0. The fraction of sp³-hybridized carbons (Fsp3) is 0.286. The minimum absolute atomic E-state index is 0.246. The first-order valence-corrected chi connectivity index (χ1v) is 6.44. The first-order chi connectivity index (χ1) is 9.51. The van der Waals surface area contributed by atoms with E-state index in [4.69, 9.17) is 11.6 Å². The van der Waals surface area contributed by atoms with Crippen molar-refractivity contribution in [2.24, 2.45) is 7.05 Å². The molecule has 20 heavy (non-hydrogen) atoms. The molecule has 0 unspecified atom stereocenters. The SMILES string of the molecule is COC(=O)CCc1cc(-c2ccc(Cl)cc2F)n(C)n1.